The van der Waals surface area contributed by atoms with Crippen LogP contribution in [0.2, 0.25) is 0 Å². The fraction of sp³-hybridized carbons (Fsp3) is 0.235. The average molecular weight is 287 g/mol. The Balaban J connectivity index is 2.00. The Bertz CT molecular complexity index is 638. The van der Waals surface area contributed by atoms with Gasteiger partial charge in [-0.2, -0.15) is 0 Å². The van der Waals surface area contributed by atoms with E-state index in [-0.39, 0.29) is 5.69 Å². The molecule has 1 unspecified atom stereocenters. The van der Waals surface area contributed by atoms with E-state index in [1.165, 1.54) is 6.07 Å². The van der Waals surface area contributed by atoms with Crippen LogP contribution in [0.1, 0.15) is 18.1 Å². The normalized spacial score (nSPS) is 11.8. The van der Waals surface area contributed by atoms with Crippen LogP contribution in [0.5, 0.6) is 5.75 Å². The topological polar surface area (TPSA) is 38.3 Å². The van der Waals surface area contributed by atoms with Gasteiger partial charge in [0.15, 0.2) is 6.10 Å². The summed E-state index contributed by atoms with van der Waals surface area (Å²) in [6.45, 7) is 5.39. The van der Waals surface area contributed by atoms with Crippen LogP contribution in [0.15, 0.2) is 42.5 Å². The van der Waals surface area contributed by atoms with Gasteiger partial charge < -0.3 is 10.1 Å². The monoisotopic (exact) mass is 287 g/mol. The van der Waals surface area contributed by atoms with E-state index in [1.54, 1.807) is 38.1 Å². The molecule has 0 bridgehead atoms. The minimum atomic E-state index is -0.714. The zero-order valence-electron chi connectivity index (χ0n) is 12.3. The molecule has 110 valence electrons. The number of ether oxygens (including phenoxy) is 1. The van der Waals surface area contributed by atoms with E-state index in [1.807, 2.05) is 19.1 Å². The molecule has 21 heavy (non-hydrogen) atoms. The summed E-state index contributed by atoms with van der Waals surface area (Å²) in [6.07, 6.45) is -0.714. The van der Waals surface area contributed by atoms with Crippen LogP contribution in [-0.4, -0.2) is 12.0 Å². The van der Waals surface area contributed by atoms with Crippen LogP contribution in [0, 0.1) is 19.7 Å². The van der Waals surface area contributed by atoms with Crippen molar-refractivity contribution >= 4 is 11.6 Å². The van der Waals surface area contributed by atoms with Crippen molar-refractivity contribution in [2.45, 2.75) is 26.9 Å². The highest BCUT2D eigenvalue weighted by molar-refractivity contribution is 5.94. The summed E-state index contributed by atoms with van der Waals surface area (Å²) in [6, 6.07) is 12.1. The van der Waals surface area contributed by atoms with Gasteiger partial charge in [0.2, 0.25) is 0 Å². The largest absolute Gasteiger partial charge is 0.481 e. The van der Waals surface area contributed by atoms with Gasteiger partial charge in [0.05, 0.1) is 5.69 Å². The number of benzene rings is 2. The van der Waals surface area contributed by atoms with Crippen molar-refractivity contribution < 1.29 is 13.9 Å². The maximum atomic E-state index is 13.7. The predicted octanol–water partition coefficient (Wildman–Crippen LogP) is 3.85. The van der Waals surface area contributed by atoms with E-state index in [9.17, 15) is 9.18 Å². The van der Waals surface area contributed by atoms with Gasteiger partial charge >= 0.3 is 0 Å². The van der Waals surface area contributed by atoms with Crippen molar-refractivity contribution in [2.75, 3.05) is 5.32 Å². The van der Waals surface area contributed by atoms with Gasteiger partial charge in [-0.05, 0) is 50.6 Å². The molecule has 1 N–H and O–H groups in total. The summed E-state index contributed by atoms with van der Waals surface area (Å²) in [5.74, 6) is -0.239. The summed E-state index contributed by atoms with van der Waals surface area (Å²) in [5, 5.41) is 2.53. The first-order chi connectivity index (χ1) is 9.95. The molecule has 3 nitrogen and oxygen atoms in total. The number of amides is 1. The van der Waals surface area contributed by atoms with Crippen molar-refractivity contribution in [1.82, 2.24) is 0 Å². The number of aryl methyl sites for hydroxylation is 2. The second-order valence-corrected chi connectivity index (χ2v) is 5.05. The molecule has 0 heterocycles. The minimum absolute atomic E-state index is 0.157. The Hall–Kier alpha value is -2.36. The van der Waals surface area contributed by atoms with Gasteiger partial charge in [-0.25, -0.2) is 4.39 Å². The Morgan fingerprint density at radius 1 is 1.10 bits per heavy atom. The SMILES string of the molecule is Cc1ccc(OC(C)C(=O)Nc2ccc(C)cc2F)cc1. The van der Waals surface area contributed by atoms with Crippen LogP contribution in [0.3, 0.4) is 0 Å². The molecule has 0 saturated carbocycles. The Morgan fingerprint density at radius 2 is 1.71 bits per heavy atom. The lowest BCUT2D eigenvalue weighted by Gasteiger charge is -2.15. The second kappa shape index (κ2) is 6.39. The standard InChI is InChI=1S/C17H18FNO2/c1-11-4-7-14(8-5-11)21-13(3)17(20)19-16-9-6-12(2)10-15(16)18/h4-10,13H,1-3H3,(H,19,20). The third kappa shape index (κ3) is 4.05. The number of hydrogen-bond donors (Lipinski definition) is 1. The molecular formula is C17H18FNO2. The molecule has 0 aliphatic carbocycles. The summed E-state index contributed by atoms with van der Waals surface area (Å²) in [5.41, 5.74) is 2.07. The fourth-order valence-electron chi connectivity index (χ4n) is 1.83. The Kier molecular flexibility index (Phi) is 4.58. The molecule has 0 saturated heterocycles. The number of anilines is 1. The first-order valence-electron chi connectivity index (χ1n) is 6.76. The number of hydrogen-bond acceptors (Lipinski definition) is 2. The van der Waals surface area contributed by atoms with E-state index in [2.05, 4.69) is 5.32 Å². The molecule has 0 aliphatic rings. The van der Waals surface area contributed by atoms with Crippen molar-refractivity contribution in [2.24, 2.45) is 0 Å². The summed E-state index contributed by atoms with van der Waals surface area (Å²) in [7, 11) is 0. The molecule has 1 atom stereocenters. The second-order valence-electron chi connectivity index (χ2n) is 5.05. The lowest BCUT2D eigenvalue weighted by atomic mass is 10.2. The molecular weight excluding hydrogens is 269 g/mol. The molecule has 0 spiro atoms. The number of halogens is 1. The fourth-order valence-corrected chi connectivity index (χ4v) is 1.83. The van der Waals surface area contributed by atoms with E-state index < -0.39 is 17.8 Å². The molecule has 2 aromatic carbocycles. The highest BCUT2D eigenvalue weighted by Gasteiger charge is 2.16. The summed E-state index contributed by atoms with van der Waals surface area (Å²) in [4.78, 5) is 12.0. The first kappa shape index (κ1) is 15.0. The van der Waals surface area contributed by atoms with Gasteiger partial charge in [-0.15, -0.1) is 0 Å². The van der Waals surface area contributed by atoms with E-state index in [4.69, 9.17) is 4.74 Å². The van der Waals surface area contributed by atoms with Crippen LogP contribution in [0.25, 0.3) is 0 Å². The first-order valence-corrected chi connectivity index (χ1v) is 6.76. The number of rotatable bonds is 4. The number of carbonyl (C=O) groups is 1. The molecule has 0 fully saturated rings. The van der Waals surface area contributed by atoms with Crippen molar-refractivity contribution in [3.8, 4) is 5.75 Å². The quantitative estimate of drug-likeness (QED) is 0.927. The van der Waals surface area contributed by atoms with Gasteiger partial charge in [-0.1, -0.05) is 23.8 Å². The van der Waals surface area contributed by atoms with Crippen LogP contribution < -0.4 is 10.1 Å². The third-order valence-electron chi connectivity index (χ3n) is 3.09. The van der Waals surface area contributed by atoms with Crippen LogP contribution in [-0.2, 0) is 4.79 Å². The average Bonchev–Trinajstić information content (AvgIpc) is 2.44. The molecule has 4 heteroatoms. The van der Waals surface area contributed by atoms with Crippen molar-refractivity contribution in [1.29, 1.82) is 0 Å². The zero-order valence-corrected chi connectivity index (χ0v) is 12.3. The zero-order chi connectivity index (χ0) is 15.4. The molecule has 0 aliphatic heterocycles. The van der Waals surface area contributed by atoms with E-state index >= 15 is 0 Å². The molecule has 0 radical (unpaired) electrons. The Labute approximate surface area is 123 Å². The van der Waals surface area contributed by atoms with Gasteiger partial charge in [0, 0.05) is 0 Å². The van der Waals surface area contributed by atoms with Gasteiger partial charge in [0.1, 0.15) is 11.6 Å². The highest BCUT2D eigenvalue weighted by atomic mass is 19.1. The number of nitrogens with one attached hydrogen (secondary N) is 1. The molecule has 1 amide bonds. The maximum absolute atomic E-state index is 13.7. The minimum Gasteiger partial charge on any atom is -0.481 e. The van der Waals surface area contributed by atoms with E-state index in [0.29, 0.717) is 5.75 Å². The predicted molar refractivity (Wildman–Crippen MR) is 81.0 cm³/mol. The lowest BCUT2D eigenvalue weighted by molar-refractivity contribution is -0.122. The van der Waals surface area contributed by atoms with Crippen LogP contribution in [0.4, 0.5) is 10.1 Å². The molecule has 0 aromatic heterocycles. The van der Waals surface area contributed by atoms with E-state index in [0.717, 1.165) is 11.1 Å². The van der Waals surface area contributed by atoms with Gasteiger partial charge in [0.25, 0.3) is 5.91 Å². The van der Waals surface area contributed by atoms with Crippen molar-refractivity contribution in [3.63, 3.8) is 0 Å². The highest BCUT2D eigenvalue weighted by Crippen LogP contribution is 2.17. The summed E-state index contributed by atoms with van der Waals surface area (Å²) >= 11 is 0. The van der Waals surface area contributed by atoms with Gasteiger partial charge in [-0.3, -0.25) is 4.79 Å². The smallest absolute Gasteiger partial charge is 0.265 e. The summed E-state index contributed by atoms with van der Waals surface area (Å²) < 4.78 is 19.2. The third-order valence-corrected chi connectivity index (χ3v) is 3.09. The number of carbonyl (C=O) groups excluding carboxylic acids is 1. The lowest BCUT2D eigenvalue weighted by Crippen LogP contribution is -2.30. The molecule has 2 aromatic rings. The molecule has 2 rings (SSSR count). The maximum Gasteiger partial charge on any atom is 0.265 e. The van der Waals surface area contributed by atoms with Crippen LogP contribution >= 0.6 is 0 Å². The van der Waals surface area contributed by atoms with Crippen molar-refractivity contribution in [3.05, 3.63) is 59.4 Å². The Morgan fingerprint density at radius 3 is 2.33 bits per heavy atom.